The lowest BCUT2D eigenvalue weighted by atomic mass is 9.94. The number of nitrogens with zero attached hydrogens (tertiary/aromatic N) is 2. The minimum atomic E-state index is -0.264. The van der Waals surface area contributed by atoms with Gasteiger partial charge in [-0.25, -0.2) is 4.98 Å². The molecule has 0 unspecified atom stereocenters. The molecule has 0 amide bonds. The molecular formula is C16H20N4. The number of hydrogen-bond acceptors (Lipinski definition) is 4. The van der Waals surface area contributed by atoms with Crippen LogP contribution in [0, 0.1) is 11.3 Å². The maximum Gasteiger partial charge on any atom is 0.144 e. The average molecular weight is 268 g/mol. The van der Waals surface area contributed by atoms with E-state index < -0.39 is 0 Å². The summed E-state index contributed by atoms with van der Waals surface area (Å²) in [4.78, 5) is 4.53. The van der Waals surface area contributed by atoms with Crippen LogP contribution in [0.1, 0.15) is 32.3 Å². The Morgan fingerprint density at radius 3 is 2.65 bits per heavy atom. The van der Waals surface area contributed by atoms with Gasteiger partial charge < -0.3 is 11.1 Å². The van der Waals surface area contributed by atoms with Gasteiger partial charge in [0, 0.05) is 17.5 Å². The zero-order chi connectivity index (χ0) is 14.6. The van der Waals surface area contributed by atoms with Crippen LogP contribution in [0.4, 0.5) is 5.82 Å². The van der Waals surface area contributed by atoms with E-state index in [4.69, 9.17) is 5.73 Å². The van der Waals surface area contributed by atoms with Crippen molar-refractivity contribution in [2.45, 2.75) is 32.2 Å². The van der Waals surface area contributed by atoms with E-state index in [-0.39, 0.29) is 5.54 Å². The van der Waals surface area contributed by atoms with E-state index in [0.717, 1.165) is 23.7 Å². The van der Waals surface area contributed by atoms with Gasteiger partial charge in [0.05, 0.1) is 11.1 Å². The number of rotatable bonds is 5. The Labute approximate surface area is 119 Å². The van der Waals surface area contributed by atoms with E-state index in [1.54, 1.807) is 0 Å². The van der Waals surface area contributed by atoms with Crippen molar-refractivity contribution in [2.75, 3.05) is 11.9 Å². The van der Waals surface area contributed by atoms with Crippen molar-refractivity contribution in [1.29, 1.82) is 5.26 Å². The molecule has 3 N–H and O–H groups in total. The second kappa shape index (κ2) is 5.89. The maximum atomic E-state index is 9.26. The van der Waals surface area contributed by atoms with Gasteiger partial charge in [-0.15, -0.1) is 0 Å². The van der Waals surface area contributed by atoms with Crippen LogP contribution in [0.25, 0.3) is 10.9 Å². The molecule has 0 saturated heterocycles. The van der Waals surface area contributed by atoms with Crippen molar-refractivity contribution in [3.05, 3.63) is 35.9 Å². The molecule has 4 heteroatoms. The first-order chi connectivity index (χ1) is 9.61. The van der Waals surface area contributed by atoms with E-state index in [2.05, 4.69) is 30.2 Å². The summed E-state index contributed by atoms with van der Waals surface area (Å²) in [7, 11) is 0. The number of nitrogens with one attached hydrogen (secondary N) is 1. The van der Waals surface area contributed by atoms with Gasteiger partial charge in [0.1, 0.15) is 11.9 Å². The Kier molecular flexibility index (Phi) is 4.21. The van der Waals surface area contributed by atoms with E-state index in [0.29, 0.717) is 17.9 Å². The molecular weight excluding hydrogens is 248 g/mol. The Morgan fingerprint density at radius 1 is 1.30 bits per heavy atom. The normalized spacial score (nSPS) is 11.3. The summed E-state index contributed by atoms with van der Waals surface area (Å²) in [5.41, 5.74) is 7.44. The highest BCUT2D eigenvalue weighted by Gasteiger charge is 2.20. The highest BCUT2D eigenvalue weighted by molar-refractivity contribution is 5.82. The van der Waals surface area contributed by atoms with Crippen molar-refractivity contribution in [3.63, 3.8) is 0 Å². The van der Waals surface area contributed by atoms with Gasteiger partial charge in [-0.05, 0) is 25.0 Å². The van der Waals surface area contributed by atoms with Crippen LogP contribution in [0.2, 0.25) is 0 Å². The third-order valence-corrected chi connectivity index (χ3v) is 3.86. The molecule has 1 aromatic heterocycles. The fourth-order valence-corrected chi connectivity index (χ4v) is 2.10. The van der Waals surface area contributed by atoms with Crippen LogP contribution in [0.3, 0.4) is 0 Å². The van der Waals surface area contributed by atoms with E-state index in [1.165, 1.54) is 0 Å². The van der Waals surface area contributed by atoms with Crippen molar-refractivity contribution in [2.24, 2.45) is 5.73 Å². The Bertz CT molecular complexity index is 638. The lowest BCUT2D eigenvalue weighted by molar-refractivity contribution is 0.418. The first-order valence-corrected chi connectivity index (χ1v) is 6.94. The largest absolute Gasteiger partial charge is 0.367 e. The molecule has 4 nitrogen and oxygen atoms in total. The van der Waals surface area contributed by atoms with Crippen LogP contribution in [-0.2, 0) is 0 Å². The predicted octanol–water partition coefficient (Wildman–Crippen LogP) is 3.04. The maximum absolute atomic E-state index is 9.26. The monoisotopic (exact) mass is 268 g/mol. The standard InChI is InChI=1S/C16H20N4/c1-3-16(18,4-2)11-19-15-13(10-17)9-12-7-5-6-8-14(12)20-15/h5-9H,3-4,11,18H2,1-2H3,(H,19,20). The Balaban J connectivity index is 2.32. The van der Waals surface area contributed by atoms with Gasteiger partial charge in [0.2, 0.25) is 0 Å². The number of anilines is 1. The predicted molar refractivity (Wildman–Crippen MR) is 82.4 cm³/mol. The van der Waals surface area contributed by atoms with Crippen LogP contribution in [0.15, 0.2) is 30.3 Å². The summed E-state index contributed by atoms with van der Waals surface area (Å²) >= 11 is 0. The summed E-state index contributed by atoms with van der Waals surface area (Å²) in [6.07, 6.45) is 1.76. The summed E-state index contributed by atoms with van der Waals surface area (Å²) in [5, 5.41) is 13.5. The van der Waals surface area contributed by atoms with Crippen molar-refractivity contribution >= 4 is 16.7 Å². The second-order valence-corrected chi connectivity index (χ2v) is 5.11. The van der Waals surface area contributed by atoms with E-state index in [1.807, 2.05) is 30.3 Å². The Morgan fingerprint density at radius 2 is 2.00 bits per heavy atom. The first-order valence-electron chi connectivity index (χ1n) is 6.94. The smallest absolute Gasteiger partial charge is 0.144 e. The fourth-order valence-electron chi connectivity index (χ4n) is 2.10. The van der Waals surface area contributed by atoms with E-state index >= 15 is 0 Å². The lowest BCUT2D eigenvalue weighted by Gasteiger charge is -2.27. The van der Waals surface area contributed by atoms with Crippen LogP contribution >= 0.6 is 0 Å². The fraction of sp³-hybridized carbons (Fsp3) is 0.375. The zero-order valence-corrected chi connectivity index (χ0v) is 12.0. The van der Waals surface area contributed by atoms with Gasteiger partial charge in [0.25, 0.3) is 0 Å². The minimum absolute atomic E-state index is 0.264. The van der Waals surface area contributed by atoms with Gasteiger partial charge in [0.15, 0.2) is 0 Å². The molecule has 0 spiro atoms. The SMILES string of the molecule is CCC(N)(CC)CNc1nc2ccccc2cc1C#N. The molecule has 1 heterocycles. The molecule has 0 aliphatic heterocycles. The van der Waals surface area contributed by atoms with Gasteiger partial charge in [-0.2, -0.15) is 5.26 Å². The number of pyridine rings is 1. The highest BCUT2D eigenvalue weighted by atomic mass is 15.0. The molecule has 0 bridgehead atoms. The highest BCUT2D eigenvalue weighted by Crippen LogP contribution is 2.21. The molecule has 2 aromatic rings. The summed E-state index contributed by atoms with van der Waals surface area (Å²) in [6.45, 7) is 4.76. The molecule has 20 heavy (non-hydrogen) atoms. The number of hydrogen-bond donors (Lipinski definition) is 2. The van der Waals surface area contributed by atoms with Crippen LogP contribution < -0.4 is 11.1 Å². The third kappa shape index (κ3) is 2.89. The van der Waals surface area contributed by atoms with Crippen LogP contribution in [-0.4, -0.2) is 17.1 Å². The molecule has 0 saturated carbocycles. The van der Waals surface area contributed by atoms with Crippen molar-refractivity contribution in [3.8, 4) is 6.07 Å². The number of benzene rings is 1. The zero-order valence-electron chi connectivity index (χ0n) is 12.0. The lowest BCUT2D eigenvalue weighted by Crippen LogP contribution is -2.45. The number of fused-ring (bicyclic) bond motifs is 1. The molecule has 0 aliphatic carbocycles. The van der Waals surface area contributed by atoms with Gasteiger partial charge in [-0.1, -0.05) is 32.0 Å². The van der Waals surface area contributed by atoms with Crippen LogP contribution in [0.5, 0.6) is 0 Å². The first kappa shape index (κ1) is 14.3. The van der Waals surface area contributed by atoms with Gasteiger partial charge >= 0.3 is 0 Å². The molecule has 2 rings (SSSR count). The minimum Gasteiger partial charge on any atom is -0.367 e. The topological polar surface area (TPSA) is 74.7 Å². The molecule has 104 valence electrons. The number of nitrogens with two attached hydrogens (primary N) is 1. The number of para-hydroxylation sites is 1. The summed E-state index contributed by atoms with van der Waals surface area (Å²) in [6, 6.07) is 11.8. The van der Waals surface area contributed by atoms with Crippen molar-refractivity contribution in [1.82, 2.24) is 4.98 Å². The molecule has 0 aliphatic rings. The number of aromatic nitrogens is 1. The molecule has 0 atom stereocenters. The molecule has 0 radical (unpaired) electrons. The second-order valence-electron chi connectivity index (χ2n) is 5.11. The summed E-state index contributed by atoms with van der Waals surface area (Å²) in [5.74, 6) is 0.614. The average Bonchev–Trinajstić information content (AvgIpc) is 2.51. The summed E-state index contributed by atoms with van der Waals surface area (Å²) < 4.78 is 0. The molecule has 0 fully saturated rings. The van der Waals surface area contributed by atoms with Crippen molar-refractivity contribution < 1.29 is 0 Å². The Hall–Kier alpha value is -2.12. The van der Waals surface area contributed by atoms with E-state index in [9.17, 15) is 5.26 Å². The quantitative estimate of drug-likeness (QED) is 0.874. The van der Waals surface area contributed by atoms with Gasteiger partial charge in [-0.3, -0.25) is 0 Å². The number of nitriles is 1. The molecule has 1 aromatic carbocycles. The third-order valence-electron chi connectivity index (χ3n) is 3.86.